The van der Waals surface area contributed by atoms with Crippen molar-refractivity contribution in [2.45, 2.75) is 6.54 Å². The average molecular weight is 258 g/mol. The Hall–Kier alpha value is -2.70. The maximum Gasteiger partial charge on any atom is 0.0952 e. The van der Waals surface area contributed by atoms with Crippen LogP contribution in [0.25, 0.3) is 10.8 Å². The van der Waals surface area contributed by atoms with Gasteiger partial charge in [-0.1, -0.05) is 60.7 Å². The van der Waals surface area contributed by atoms with Crippen molar-refractivity contribution in [1.29, 1.82) is 0 Å². The van der Waals surface area contributed by atoms with E-state index in [0.717, 1.165) is 11.3 Å². The molecular weight excluding hydrogens is 244 g/mol. The van der Waals surface area contributed by atoms with Gasteiger partial charge in [-0.25, -0.2) is 4.99 Å². The molecule has 96 valence electrons. The van der Waals surface area contributed by atoms with Gasteiger partial charge in [-0.05, 0) is 28.5 Å². The molecule has 0 unspecified atom stereocenters. The lowest BCUT2D eigenvalue weighted by molar-refractivity contribution is 1.08. The summed E-state index contributed by atoms with van der Waals surface area (Å²) >= 11 is 0. The normalized spacial score (nSPS) is 10.0. The van der Waals surface area contributed by atoms with Crippen molar-refractivity contribution in [3.05, 3.63) is 78.4 Å². The SMILES string of the molecule is C(=NCc1ccccc1)=Nc1ccc2ccccc2c1. The Morgan fingerprint density at radius 2 is 1.50 bits per heavy atom. The number of benzene rings is 3. The molecule has 0 N–H and O–H groups in total. The Kier molecular flexibility index (Phi) is 3.68. The van der Waals surface area contributed by atoms with E-state index in [1.807, 2.05) is 54.6 Å². The van der Waals surface area contributed by atoms with E-state index in [1.165, 1.54) is 10.8 Å². The lowest BCUT2D eigenvalue weighted by atomic mass is 10.1. The second-order valence-corrected chi connectivity index (χ2v) is 4.55. The Bertz CT molecular complexity index is 770. The molecule has 0 radical (unpaired) electrons. The molecule has 0 heterocycles. The molecule has 0 spiro atoms. The number of hydrogen-bond donors (Lipinski definition) is 0. The molecule has 0 fully saturated rings. The fraction of sp³-hybridized carbons (Fsp3) is 0.0556. The van der Waals surface area contributed by atoms with Crippen LogP contribution in [0.1, 0.15) is 5.56 Å². The summed E-state index contributed by atoms with van der Waals surface area (Å²) in [6.07, 6.45) is 0. The smallest absolute Gasteiger partial charge is 0.0952 e. The fourth-order valence-electron chi connectivity index (χ4n) is 2.05. The predicted molar refractivity (Wildman–Crippen MR) is 83.6 cm³/mol. The summed E-state index contributed by atoms with van der Waals surface area (Å²) < 4.78 is 0. The topological polar surface area (TPSA) is 24.7 Å². The van der Waals surface area contributed by atoms with E-state index in [1.54, 1.807) is 0 Å². The molecule has 3 rings (SSSR count). The minimum atomic E-state index is 0.609. The molecule has 20 heavy (non-hydrogen) atoms. The fourth-order valence-corrected chi connectivity index (χ4v) is 2.05. The van der Waals surface area contributed by atoms with E-state index in [0.29, 0.717) is 6.54 Å². The van der Waals surface area contributed by atoms with Crippen molar-refractivity contribution in [3.63, 3.8) is 0 Å². The van der Waals surface area contributed by atoms with Crippen LogP contribution in [0.2, 0.25) is 0 Å². The van der Waals surface area contributed by atoms with Crippen molar-refractivity contribution in [2.24, 2.45) is 9.98 Å². The number of aliphatic imine (C=N–C) groups is 2. The Labute approximate surface area is 118 Å². The quantitative estimate of drug-likeness (QED) is 0.600. The van der Waals surface area contributed by atoms with Crippen LogP contribution in [0.3, 0.4) is 0 Å². The van der Waals surface area contributed by atoms with Gasteiger partial charge in [0.05, 0.1) is 18.2 Å². The summed E-state index contributed by atoms with van der Waals surface area (Å²) in [5.41, 5.74) is 2.04. The first-order chi connectivity index (χ1) is 9.92. The zero-order chi connectivity index (χ0) is 13.6. The van der Waals surface area contributed by atoms with Gasteiger partial charge in [0.1, 0.15) is 0 Å². The second-order valence-electron chi connectivity index (χ2n) is 4.55. The molecule has 3 aromatic carbocycles. The number of fused-ring (bicyclic) bond motifs is 1. The lowest BCUT2D eigenvalue weighted by Crippen LogP contribution is -1.77. The summed E-state index contributed by atoms with van der Waals surface area (Å²) in [5.74, 6) is 0. The largest absolute Gasteiger partial charge is 0.221 e. The highest BCUT2D eigenvalue weighted by atomic mass is 14.8. The van der Waals surface area contributed by atoms with Crippen molar-refractivity contribution < 1.29 is 0 Å². The second kappa shape index (κ2) is 5.96. The molecular formula is C18H14N2. The third kappa shape index (κ3) is 3.00. The van der Waals surface area contributed by atoms with Gasteiger partial charge in [-0.15, -0.1) is 0 Å². The molecule has 3 aromatic rings. The summed E-state index contributed by atoms with van der Waals surface area (Å²) in [7, 11) is 0. The summed E-state index contributed by atoms with van der Waals surface area (Å²) in [6.45, 7) is 0.609. The molecule has 0 saturated heterocycles. The van der Waals surface area contributed by atoms with Crippen LogP contribution in [0.5, 0.6) is 0 Å². The van der Waals surface area contributed by atoms with Crippen LogP contribution in [0, 0.1) is 0 Å². The predicted octanol–water partition coefficient (Wildman–Crippen LogP) is 4.85. The monoisotopic (exact) mass is 258 g/mol. The van der Waals surface area contributed by atoms with E-state index in [4.69, 9.17) is 0 Å². The Morgan fingerprint density at radius 1 is 0.750 bits per heavy atom. The van der Waals surface area contributed by atoms with Gasteiger partial charge in [0.2, 0.25) is 0 Å². The van der Waals surface area contributed by atoms with E-state index < -0.39 is 0 Å². The first-order valence-corrected chi connectivity index (χ1v) is 6.57. The summed E-state index contributed by atoms with van der Waals surface area (Å²) in [4.78, 5) is 8.46. The summed E-state index contributed by atoms with van der Waals surface area (Å²) in [5, 5.41) is 2.39. The van der Waals surface area contributed by atoms with E-state index in [-0.39, 0.29) is 0 Å². The zero-order valence-corrected chi connectivity index (χ0v) is 11.0. The van der Waals surface area contributed by atoms with Crippen LogP contribution in [-0.2, 0) is 6.54 Å². The number of hydrogen-bond acceptors (Lipinski definition) is 2. The van der Waals surface area contributed by atoms with Crippen molar-refractivity contribution in [3.8, 4) is 0 Å². The first-order valence-electron chi connectivity index (χ1n) is 6.57. The lowest BCUT2D eigenvalue weighted by Gasteiger charge is -1.97. The molecule has 2 nitrogen and oxygen atoms in total. The maximum atomic E-state index is 4.25. The van der Waals surface area contributed by atoms with E-state index >= 15 is 0 Å². The third-order valence-electron chi connectivity index (χ3n) is 3.09. The average Bonchev–Trinajstić information content (AvgIpc) is 2.52. The van der Waals surface area contributed by atoms with Crippen LogP contribution in [0.4, 0.5) is 5.69 Å². The van der Waals surface area contributed by atoms with E-state index in [9.17, 15) is 0 Å². The zero-order valence-electron chi connectivity index (χ0n) is 11.0. The highest BCUT2D eigenvalue weighted by molar-refractivity contribution is 5.85. The van der Waals surface area contributed by atoms with Gasteiger partial charge < -0.3 is 0 Å². The van der Waals surface area contributed by atoms with Crippen molar-refractivity contribution >= 4 is 22.5 Å². The third-order valence-corrected chi connectivity index (χ3v) is 3.09. The van der Waals surface area contributed by atoms with Crippen LogP contribution < -0.4 is 0 Å². The molecule has 0 aliphatic heterocycles. The molecule has 0 aliphatic rings. The van der Waals surface area contributed by atoms with Gasteiger partial charge in [0.15, 0.2) is 0 Å². The van der Waals surface area contributed by atoms with Crippen molar-refractivity contribution in [1.82, 2.24) is 0 Å². The van der Waals surface area contributed by atoms with Gasteiger partial charge in [0.25, 0.3) is 0 Å². The highest BCUT2D eigenvalue weighted by Crippen LogP contribution is 2.20. The molecule has 0 aliphatic carbocycles. The van der Waals surface area contributed by atoms with Gasteiger partial charge in [-0.2, -0.15) is 4.99 Å². The van der Waals surface area contributed by atoms with Gasteiger partial charge in [0, 0.05) is 0 Å². The first kappa shape index (κ1) is 12.3. The van der Waals surface area contributed by atoms with Crippen LogP contribution in [-0.4, -0.2) is 6.01 Å². The number of nitrogens with zero attached hydrogens (tertiary/aromatic N) is 2. The molecule has 2 heteroatoms. The van der Waals surface area contributed by atoms with Crippen molar-refractivity contribution in [2.75, 3.05) is 0 Å². The minimum absolute atomic E-state index is 0.609. The summed E-state index contributed by atoms with van der Waals surface area (Å²) in [6, 6.07) is 27.2. The standard InChI is InChI=1S/C18H14N2/c1-2-6-15(7-3-1)13-19-14-20-18-11-10-16-8-4-5-9-17(16)12-18/h1-12H,13H2. The Morgan fingerprint density at radius 3 is 2.35 bits per heavy atom. The Balaban J connectivity index is 1.77. The molecule has 0 aromatic heterocycles. The highest BCUT2D eigenvalue weighted by Gasteiger charge is 1.93. The van der Waals surface area contributed by atoms with Gasteiger partial charge in [-0.3, -0.25) is 0 Å². The number of rotatable bonds is 3. The van der Waals surface area contributed by atoms with Gasteiger partial charge >= 0.3 is 0 Å². The molecule has 0 atom stereocenters. The molecule has 0 amide bonds. The van der Waals surface area contributed by atoms with Crippen LogP contribution in [0.15, 0.2) is 82.8 Å². The minimum Gasteiger partial charge on any atom is -0.221 e. The molecule has 0 bridgehead atoms. The molecule has 0 saturated carbocycles. The van der Waals surface area contributed by atoms with Crippen LogP contribution >= 0.6 is 0 Å². The van der Waals surface area contributed by atoms with E-state index in [2.05, 4.69) is 34.2 Å². The maximum absolute atomic E-state index is 4.25.